The van der Waals surface area contributed by atoms with Gasteiger partial charge in [0, 0.05) is 33.6 Å². The van der Waals surface area contributed by atoms with Crippen LogP contribution in [0.5, 0.6) is 0 Å². The van der Waals surface area contributed by atoms with Crippen LogP contribution in [0.2, 0.25) is 10.0 Å². The van der Waals surface area contributed by atoms with Crippen LogP contribution in [0.1, 0.15) is 0 Å². The number of anilines is 1. The highest BCUT2D eigenvalue weighted by molar-refractivity contribution is 6.43. The maximum absolute atomic E-state index is 12.6. The average Bonchev–Trinajstić information content (AvgIpc) is 2.50. The van der Waals surface area contributed by atoms with Gasteiger partial charge in [-0.15, -0.1) is 0 Å². The third-order valence-electron chi connectivity index (χ3n) is 3.84. The minimum absolute atomic E-state index is 0.313. The third-order valence-corrected chi connectivity index (χ3v) is 4.56. The molecule has 0 aliphatic carbocycles. The first-order valence-corrected chi connectivity index (χ1v) is 7.55. The smallest absolute Gasteiger partial charge is 0.332 e. The number of hydrogen-bond acceptors (Lipinski definition) is 4. The molecule has 2 heterocycles. The molecule has 0 saturated heterocycles. The summed E-state index contributed by atoms with van der Waals surface area (Å²) in [5.41, 5.74) is 0.706. The number of nitrogens with zero attached hydrogens (tertiary/aromatic N) is 4. The van der Waals surface area contributed by atoms with Crippen LogP contribution >= 0.6 is 23.2 Å². The maximum atomic E-state index is 12.6. The van der Waals surface area contributed by atoms with E-state index in [1.807, 2.05) is 19.0 Å². The van der Waals surface area contributed by atoms with Gasteiger partial charge in [0.25, 0.3) is 5.56 Å². The van der Waals surface area contributed by atoms with Crippen LogP contribution in [0, 0.1) is 0 Å². The topological polar surface area (TPSA) is 60.1 Å². The third kappa shape index (κ3) is 2.21. The molecule has 1 aromatic carbocycles. The van der Waals surface area contributed by atoms with Crippen molar-refractivity contribution >= 4 is 50.8 Å². The van der Waals surface area contributed by atoms with Crippen molar-refractivity contribution in [2.45, 2.75) is 0 Å². The summed E-state index contributed by atoms with van der Waals surface area (Å²) in [7, 11) is 6.67. The molecule has 0 saturated carbocycles. The molecule has 3 aromatic rings. The predicted molar refractivity (Wildman–Crippen MR) is 94.1 cm³/mol. The van der Waals surface area contributed by atoms with Gasteiger partial charge in [0.1, 0.15) is 5.39 Å². The number of hydrogen-bond donors (Lipinski definition) is 0. The van der Waals surface area contributed by atoms with E-state index in [0.717, 1.165) is 4.57 Å². The van der Waals surface area contributed by atoms with Crippen molar-refractivity contribution in [2.24, 2.45) is 14.1 Å². The second kappa shape index (κ2) is 5.25. The Labute approximate surface area is 141 Å². The molecule has 0 N–H and O–H groups in total. The van der Waals surface area contributed by atoms with Crippen molar-refractivity contribution < 1.29 is 0 Å². The largest absolute Gasteiger partial charge is 0.376 e. The SMILES string of the molecule is CN(C)c1c2cc(Cl)c(Cl)cc2nc2c1c(=O)n(C)c(=O)n2C. The standard InChI is InChI=1S/C15H14Cl2N4O2/c1-19(2)12-7-5-8(16)9(17)6-10(7)18-13-11(12)14(22)21(4)15(23)20(13)3/h5-6H,1-4H3. The molecular weight excluding hydrogens is 339 g/mol. The van der Waals surface area contributed by atoms with Crippen LogP contribution < -0.4 is 16.1 Å². The molecule has 2 aromatic heterocycles. The zero-order valence-corrected chi connectivity index (χ0v) is 14.5. The first-order chi connectivity index (χ1) is 10.7. The molecule has 0 amide bonds. The number of fused-ring (bicyclic) bond motifs is 2. The van der Waals surface area contributed by atoms with E-state index in [4.69, 9.17) is 23.2 Å². The molecular formula is C15H14Cl2N4O2. The summed E-state index contributed by atoms with van der Waals surface area (Å²) in [5, 5.41) is 1.81. The molecule has 8 heteroatoms. The molecule has 0 spiro atoms. The second-order valence-corrected chi connectivity index (χ2v) is 6.36. The monoisotopic (exact) mass is 352 g/mol. The van der Waals surface area contributed by atoms with Crippen molar-refractivity contribution in [1.82, 2.24) is 14.1 Å². The van der Waals surface area contributed by atoms with Gasteiger partial charge in [0.05, 0.1) is 21.2 Å². The fraction of sp³-hybridized carbons (Fsp3) is 0.267. The van der Waals surface area contributed by atoms with Gasteiger partial charge in [0.15, 0.2) is 5.65 Å². The van der Waals surface area contributed by atoms with E-state index in [2.05, 4.69) is 4.98 Å². The van der Waals surface area contributed by atoms with Crippen LogP contribution in [0.3, 0.4) is 0 Å². The van der Waals surface area contributed by atoms with Crippen molar-refractivity contribution in [3.8, 4) is 0 Å². The highest BCUT2D eigenvalue weighted by atomic mass is 35.5. The van der Waals surface area contributed by atoms with Gasteiger partial charge in [0.2, 0.25) is 0 Å². The van der Waals surface area contributed by atoms with Crippen LogP contribution in [-0.2, 0) is 14.1 Å². The molecule has 0 aliphatic rings. The Balaban J connectivity index is 2.74. The maximum Gasteiger partial charge on any atom is 0.332 e. The Morgan fingerprint density at radius 3 is 2.26 bits per heavy atom. The van der Waals surface area contributed by atoms with E-state index in [0.29, 0.717) is 37.7 Å². The van der Waals surface area contributed by atoms with E-state index in [9.17, 15) is 9.59 Å². The fourth-order valence-electron chi connectivity index (χ4n) is 2.70. The zero-order valence-electron chi connectivity index (χ0n) is 13.0. The molecule has 120 valence electrons. The summed E-state index contributed by atoms with van der Waals surface area (Å²) in [6.07, 6.45) is 0. The Morgan fingerprint density at radius 1 is 1.04 bits per heavy atom. The van der Waals surface area contributed by atoms with Crippen molar-refractivity contribution in [3.05, 3.63) is 43.0 Å². The Morgan fingerprint density at radius 2 is 1.65 bits per heavy atom. The predicted octanol–water partition coefficient (Wildman–Crippen LogP) is 2.16. The molecule has 0 aliphatic heterocycles. The minimum Gasteiger partial charge on any atom is -0.376 e. The van der Waals surface area contributed by atoms with E-state index in [1.54, 1.807) is 19.2 Å². The van der Waals surface area contributed by atoms with Crippen LogP contribution in [0.15, 0.2) is 21.7 Å². The van der Waals surface area contributed by atoms with Gasteiger partial charge < -0.3 is 4.90 Å². The van der Waals surface area contributed by atoms with E-state index >= 15 is 0 Å². The summed E-state index contributed by atoms with van der Waals surface area (Å²) in [6, 6.07) is 3.32. The first-order valence-electron chi connectivity index (χ1n) is 6.80. The molecule has 3 rings (SSSR count). The van der Waals surface area contributed by atoms with E-state index < -0.39 is 11.2 Å². The van der Waals surface area contributed by atoms with E-state index in [-0.39, 0.29) is 0 Å². The van der Waals surface area contributed by atoms with Crippen LogP contribution in [0.25, 0.3) is 21.9 Å². The van der Waals surface area contributed by atoms with Crippen molar-refractivity contribution in [3.63, 3.8) is 0 Å². The van der Waals surface area contributed by atoms with Gasteiger partial charge in [-0.05, 0) is 12.1 Å². The first kappa shape index (κ1) is 15.8. The average molecular weight is 353 g/mol. The molecule has 0 unspecified atom stereocenters. The van der Waals surface area contributed by atoms with E-state index in [1.165, 1.54) is 11.6 Å². The Hall–Kier alpha value is -2.05. The van der Waals surface area contributed by atoms with Gasteiger partial charge >= 0.3 is 5.69 Å². The van der Waals surface area contributed by atoms with Crippen molar-refractivity contribution in [2.75, 3.05) is 19.0 Å². The lowest BCUT2D eigenvalue weighted by Crippen LogP contribution is -2.38. The number of aryl methyl sites for hydroxylation is 1. The lowest BCUT2D eigenvalue weighted by Gasteiger charge is -2.19. The van der Waals surface area contributed by atoms with Crippen LogP contribution in [-0.4, -0.2) is 28.2 Å². The lowest BCUT2D eigenvalue weighted by atomic mass is 10.1. The summed E-state index contributed by atoms with van der Waals surface area (Å²) >= 11 is 12.2. The fourth-order valence-corrected chi connectivity index (χ4v) is 3.02. The van der Waals surface area contributed by atoms with Crippen molar-refractivity contribution in [1.29, 1.82) is 0 Å². The molecule has 6 nitrogen and oxygen atoms in total. The number of rotatable bonds is 1. The summed E-state index contributed by atoms with van der Waals surface area (Å²) in [4.78, 5) is 31.1. The zero-order chi connectivity index (χ0) is 17.0. The second-order valence-electron chi connectivity index (χ2n) is 5.54. The lowest BCUT2D eigenvalue weighted by molar-refractivity contribution is 0.708. The molecule has 0 fully saturated rings. The summed E-state index contributed by atoms with van der Waals surface area (Å²) in [5.74, 6) is 0. The van der Waals surface area contributed by atoms with Gasteiger partial charge in [-0.25, -0.2) is 9.78 Å². The van der Waals surface area contributed by atoms with Gasteiger partial charge in [-0.2, -0.15) is 0 Å². The minimum atomic E-state index is -0.431. The molecule has 0 radical (unpaired) electrons. The Kier molecular flexibility index (Phi) is 3.61. The molecule has 23 heavy (non-hydrogen) atoms. The Bertz CT molecular complexity index is 1080. The van der Waals surface area contributed by atoms with Gasteiger partial charge in [-0.3, -0.25) is 13.9 Å². The molecule has 0 bridgehead atoms. The quantitative estimate of drug-likeness (QED) is 0.629. The van der Waals surface area contributed by atoms with Crippen LogP contribution in [0.4, 0.5) is 5.69 Å². The molecule has 0 atom stereocenters. The number of benzene rings is 1. The van der Waals surface area contributed by atoms with Gasteiger partial charge in [-0.1, -0.05) is 23.2 Å². The normalized spacial score (nSPS) is 11.4. The summed E-state index contributed by atoms with van der Waals surface area (Å²) in [6.45, 7) is 0. The highest BCUT2D eigenvalue weighted by Crippen LogP contribution is 2.35. The highest BCUT2D eigenvalue weighted by Gasteiger charge is 2.19. The number of aromatic nitrogens is 3. The number of halogens is 2. The number of pyridine rings is 1. The summed E-state index contributed by atoms with van der Waals surface area (Å²) < 4.78 is 2.42.